The highest BCUT2D eigenvalue weighted by Gasteiger charge is 2.13. The predicted octanol–water partition coefficient (Wildman–Crippen LogP) is 1.46. The maximum absolute atomic E-state index is 5.47. The molecule has 0 amide bonds. The van der Waals surface area contributed by atoms with Gasteiger partial charge in [0.05, 0.1) is 0 Å². The molecule has 0 bridgehead atoms. The molecule has 0 aromatic heterocycles. The Morgan fingerprint density at radius 1 is 1.33 bits per heavy atom. The third-order valence-electron chi connectivity index (χ3n) is 2.67. The fraction of sp³-hybridized carbons (Fsp3) is 1.00. The Kier molecular flexibility index (Phi) is 4.62. The van der Waals surface area contributed by atoms with Crippen LogP contribution in [-0.2, 0) is 0 Å². The Balaban J connectivity index is 2.03. The lowest BCUT2D eigenvalue weighted by Crippen LogP contribution is -2.25. The van der Waals surface area contributed by atoms with E-state index in [1.54, 1.807) is 0 Å². The Hall–Kier alpha value is -0.0800. The van der Waals surface area contributed by atoms with E-state index < -0.39 is 0 Å². The van der Waals surface area contributed by atoms with Gasteiger partial charge in [0.25, 0.3) is 0 Å². The summed E-state index contributed by atoms with van der Waals surface area (Å²) in [6.07, 6.45) is 5.30. The van der Waals surface area contributed by atoms with Crippen molar-refractivity contribution in [1.29, 1.82) is 0 Å². The molecule has 0 unspecified atom stereocenters. The summed E-state index contributed by atoms with van der Waals surface area (Å²) < 4.78 is 0. The zero-order valence-electron chi connectivity index (χ0n) is 8.26. The first-order valence-electron chi connectivity index (χ1n) is 5.25. The lowest BCUT2D eigenvalue weighted by Gasteiger charge is -2.19. The molecule has 2 nitrogen and oxygen atoms in total. The van der Waals surface area contributed by atoms with Crippen molar-refractivity contribution in [2.24, 2.45) is 11.7 Å². The molecule has 1 rings (SSSR count). The summed E-state index contributed by atoms with van der Waals surface area (Å²) in [7, 11) is 0. The van der Waals surface area contributed by atoms with Gasteiger partial charge in [-0.1, -0.05) is 6.92 Å². The molecule has 72 valence electrons. The van der Waals surface area contributed by atoms with Crippen LogP contribution in [0.1, 0.15) is 32.6 Å². The van der Waals surface area contributed by atoms with Crippen LogP contribution in [0.4, 0.5) is 0 Å². The molecular formula is C10H22N2. The summed E-state index contributed by atoms with van der Waals surface area (Å²) in [5.41, 5.74) is 5.47. The molecule has 1 saturated heterocycles. The van der Waals surface area contributed by atoms with Crippen LogP contribution in [0.15, 0.2) is 0 Å². The minimum atomic E-state index is 0.839. The predicted molar refractivity (Wildman–Crippen MR) is 53.1 cm³/mol. The molecule has 0 spiro atoms. The van der Waals surface area contributed by atoms with E-state index >= 15 is 0 Å². The highest BCUT2D eigenvalue weighted by atomic mass is 15.1. The van der Waals surface area contributed by atoms with E-state index in [0.29, 0.717) is 0 Å². The van der Waals surface area contributed by atoms with Crippen LogP contribution in [0.5, 0.6) is 0 Å². The maximum atomic E-state index is 5.47. The fourth-order valence-electron chi connectivity index (χ4n) is 1.96. The Morgan fingerprint density at radius 3 is 2.58 bits per heavy atom. The van der Waals surface area contributed by atoms with E-state index in [9.17, 15) is 0 Å². The molecule has 1 atom stereocenters. The fourth-order valence-corrected chi connectivity index (χ4v) is 1.96. The van der Waals surface area contributed by atoms with Gasteiger partial charge in [0.2, 0.25) is 0 Å². The van der Waals surface area contributed by atoms with Crippen molar-refractivity contribution in [2.75, 3.05) is 26.2 Å². The largest absolute Gasteiger partial charge is 0.330 e. The average Bonchev–Trinajstić information content (AvgIpc) is 2.53. The van der Waals surface area contributed by atoms with E-state index in [4.69, 9.17) is 5.73 Å². The molecule has 1 heterocycles. The van der Waals surface area contributed by atoms with Gasteiger partial charge in [-0.2, -0.15) is 0 Å². The van der Waals surface area contributed by atoms with E-state index in [2.05, 4.69) is 11.8 Å². The number of hydrogen-bond donors (Lipinski definition) is 1. The van der Waals surface area contributed by atoms with Crippen molar-refractivity contribution < 1.29 is 0 Å². The second-order valence-corrected chi connectivity index (χ2v) is 4.04. The first-order chi connectivity index (χ1) is 5.83. The number of likely N-dealkylation sites (tertiary alicyclic amines) is 1. The van der Waals surface area contributed by atoms with Crippen LogP contribution >= 0.6 is 0 Å². The van der Waals surface area contributed by atoms with E-state index in [0.717, 1.165) is 12.5 Å². The van der Waals surface area contributed by atoms with Crippen molar-refractivity contribution in [3.8, 4) is 0 Å². The molecule has 0 radical (unpaired) electrons. The number of nitrogens with zero attached hydrogens (tertiary/aromatic N) is 1. The third-order valence-corrected chi connectivity index (χ3v) is 2.67. The molecular weight excluding hydrogens is 148 g/mol. The zero-order chi connectivity index (χ0) is 8.81. The molecule has 0 saturated carbocycles. The summed E-state index contributed by atoms with van der Waals surface area (Å²) in [5, 5.41) is 0. The van der Waals surface area contributed by atoms with Gasteiger partial charge in [-0.25, -0.2) is 0 Å². The molecule has 0 aromatic carbocycles. The van der Waals surface area contributed by atoms with E-state index in [-0.39, 0.29) is 0 Å². The Labute approximate surface area is 76.1 Å². The summed E-state index contributed by atoms with van der Waals surface area (Å²) in [6.45, 7) is 7.14. The molecule has 0 aliphatic carbocycles. The zero-order valence-corrected chi connectivity index (χ0v) is 8.26. The van der Waals surface area contributed by atoms with Gasteiger partial charge >= 0.3 is 0 Å². The molecule has 1 aliphatic heterocycles. The smallest absolute Gasteiger partial charge is 0.000703 e. The first kappa shape index (κ1) is 10.0. The van der Waals surface area contributed by atoms with Crippen molar-refractivity contribution >= 4 is 0 Å². The van der Waals surface area contributed by atoms with E-state index in [1.807, 2.05) is 0 Å². The lowest BCUT2D eigenvalue weighted by molar-refractivity contribution is 0.278. The van der Waals surface area contributed by atoms with Crippen molar-refractivity contribution in [3.63, 3.8) is 0 Å². The highest BCUT2D eigenvalue weighted by Crippen LogP contribution is 2.12. The molecule has 12 heavy (non-hydrogen) atoms. The minimum Gasteiger partial charge on any atom is -0.330 e. The monoisotopic (exact) mass is 170 g/mol. The van der Waals surface area contributed by atoms with Gasteiger partial charge < -0.3 is 10.6 Å². The van der Waals surface area contributed by atoms with Gasteiger partial charge in [-0.15, -0.1) is 0 Å². The molecule has 1 aliphatic rings. The summed E-state index contributed by atoms with van der Waals surface area (Å²) in [4.78, 5) is 2.58. The van der Waals surface area contributed by atoms with Crippen LogP contribution < -0.4 is 5.73 Å². The summed E-state index contributed by atoms with van der Waals surface area (Å²) >= 11 is 0. The van der Waals surface area contributed by atoms with Gasteiger partial charge in [-0.05, 0) is 51.2 Å². The van der Waals surface area contributed by atoms with Gasteiger partial charge in [0, 0.05) is 6.54 Å². The minimum absolute atomic E-state index is 0.839. The lowest BCUT2D eigenvalue weighted by atomic mass is 10.1. The van der Waals surface area contributed by atoms with Crippen molar-refractivity contribution in [2.45, 2.75) is 32.6 Å². The second kappa shape index (κ2) is 5.55. The Bertz CT molecular complexity index is 108. The third kappa shape index (κ3) is 3.55. The van der Waals surface area contributed by atoms with Crippen LogP contribution in [-0.4, -0.2) is 31.1 Å². The summed E-state index contributed by atoms with van der Waals surface area (Å²) in [5.74, 6) is 0.839. The second-order valence-electron chi connectivity index (χ2n) is 4.04. The van der Waals surface area contributed by atoms with Crippen molar-refractivity contribution in [1.82, 2.24) is 4.90 Å². The van der Waals surface area contributed by atoms with E-state index in [1.165, 1.54) is 45.3 Å². The standard InChI is InChI=1S/C10H22N2/c1-10(5-4-6-11)9-12-7-2-3-8-12/h10H,2-9,11H2,1H3/t10-/m0/s1. The topological polar surface area (TPSA) is 29.3 Å². The maximum Gasteiger partial charge on any atom is 0.000703 e. The van der Waals surface area contributed by atoms with Crippen molar-refractivity contribution in [3.05, 3.63) is 0 Å². The average molecular weight is 170 g/mol. The SMILES string of the molecule is C[C@@H](CCCN)CN1CCCC1. The van der Waals surface area contributed by atoms with Crippen LogP contribution in [0.3, 0.4) is 0 Å². The van der Waals surface area contributed by atoms with Crippen LogP contribution in [0.25, 0.3) is 0 Å². The number of hydrogen-bond acceptors (Lipinski definition) is 2. The van der Waals surface area contributed by atoms with Gasteiger partial charge in [-0.3, -0.25) is 0 Å². The van der Waals surface area contributed by atoms with Gasteiger partial charge in [0.1, 0.15) is 0 Å². The molecule has 0 aromatic rings. The molecule has 2 N–H and O–H groups in total. The quantitative estimate of drug-likeness (QED) is 0.677. The molecule has 1 fully saturated rings. The highest BCUT2D eigenvalue weighted by molar-refractivity contribution is 4.68. The van der Waals surface area contributed by atoms with Gasteiger partial charge in [0.15, 0.2) is 0 Å². The number of rotatable bonds is 5. The molecule has 2 heteroatoms. The first-order valence-corrected chi connectivity index (χ1v) is 5.25. The van der Waals surface area contributed by atoms with Crippen LogP contribution in [0, 0.1) is 5.92 Å². The van der Waals surface area contributed by atoms with Crippen LogP contribution in [0.2, 0.25) is 0 Å². The summed E-state index contributed by atoms with van der Waals surface area (Å²) in [6, 6.07) is 0. The normalized spacial score (nSPS) is 21.5. The number of nitrogens with two attached hydrogens (primary N) is 1. The Morgan fingerprint density at radius 2 is 2.00 bits per heavy atom.